The Balaban J connectivity index is 1.76. The normalized spacial score (nSPS) is 28.0. The van der Waals surface area contributed by atoms with E-state index in [0.717, 1.165) is 18.9 Å². The molecule has 3 heterocycles. The second-order valence-electron chi connectivity index (χ2n) is 6.09. The Morgan fingerprint density at radius 3 is 2.79 bits per heavy atom. The summed E-state index contributed by atoms with van der Waals surface area (Å²) in [7, 11) is 1.67. The van der Waals surface area contributed by atoms with Crippen molar-refractivity contribution in [3.8, 4) is 0 Å². The highest BCUT2D eigenvalue weighted by Gasteiger charge is 2.48. The van der Waals surface area contributed by atoms with Crippen LogP contribution in [-0.4, -0.2) is 104 Å². The van der Waals surface area contributed by atoms with Gasteiger partial charge in [-0.15, -0.1) is 0 Å². The van der Waals surface area contributed by atoms with Crippen molar-refractivity contribution in [2.24, 2.45) is 4.99 Å². The van der Waals surface area contributed by atoms with Crippen molar-refractivity contribution in [2.45, 2.75) is 19.1 Å². The number of urea groups is 1. The average Bonchev–Trinajstić information content (AvgIpc) is 2.93. The summed E-state index contributed by atoms with van der Waals surface area (Å²) < 4.78 is 10.8. The van der Waals surface area contributed by atoms with Gasteiger partial charge in [0, 0.05) is 33.3 Å². The lowest BCUT2D eigenvalue weighted by Gasteiger charge is -2.37. The second kappa shape index (κ2) is 7.45. The summed E-state index contributed by atoms with van der Waals surface area (Å²) >= 11 is 0. The molecule has 0 aliphatic carbocycles. The molecule has 0 radical (unpaired) electrons. The van der Waals surface area contributed by atoms with Crippen LogP contribution in [-0.2, 0) is 14.3 Å². The monoisotopic (exact) mass is 339 g/mol. The summed E-state index contributed by atoms with van der Waals surface area (Å²) in [5.41, 5.74) is 0. The number of fused-ring (bicyclic) bond motifs is 1. The lowest BCUT2D eigenvalue weighted by Crippen LogP contribution is -2.64. The predicted octanol–water partition coefficient (Wildman–Crippen LogP) is -1.05. The highest BCUT2D eigenvalue weighted by molar-refractivity contribution is 6.04. The SMILES string of the molecule is CCOCCN1C(CN2CCOCC2)=NC2C1C(=O)NC(=O)N2C. The Labute approximate surface area is 141 Å². The Morgan fingerprint density at radius 2 is 2.08 bits per heavy atom. The number of imide groups is 1. The Morgan fingerprint density at radius 1 is 1.33 bits per heavy atom. The number of aliphatic imine (C=N–C) groups is 1. The fourth-order valence-corrected chi connectivity index (χ4v) is 3.25. The molecule has 2 saturated heterocycles. The average molecular weight is 339 g/mol. The van der Waals surface area contributed by atoms with Crippen molar-refractivity contribution < 1.29 is 19.1 Å². The second-order valence-corrected chi connectivity index (χ2v) is 6.09. The molecular formula is C15H25N5O4. The zero-order chi connectivity index (χ0) is 17.1. The van der Waals surface area contributed by atoms with E-state index < -0.39 is 18.2 Å². The number of hydrogen-bond donors (Lipinski definition) is 1. The molecule has 134 valence electrons. The van der Waals surface area contributed by atoms with Crippen LogP contribution in [0.3, 0.4) is 0 Å². The maximum Gasteiger partial charge on any atom is 0.325 e. The number of rotatable bonds is 6. The molecular weight excluding hydrogens is 314 g/mol. The molecule has 2 atom stereocenters. The fraction of sp³-hybridized carbons (Fsp3) is 0.800. The number of nitrogens with one attached hydrogen (secondary N) is 1. The predicted molar refractivity (Wildman–Crippen MR) is 86.8 cm³/mol. The van der Waals surface area contributed by atoms with Crippen LogP contribution in [0, 0.1) is 0 Å². The zero-order valence-corrected chi connectivity index (χ0v) is 14.2. The molecule has 0 spiro atoms. The molecule has 3 aliphatic rings. The quantitative estimate of drug-likeness (QED) is 0.621. The molecule has 0 aromatic rings. The largest absolute Gasteiger partial charge is 0.380 e. The molecule has 9 nitrogen and oxygen atoms in total. The highest BCUT2D eigenvalue weighted by atomic mass is 16.5. The van der Waals surface area contributed by atoms with Crippen molar-refractivity contribution >= 4 is 17.8 Å². The number of amidine groups is 1. The lowest BCUT2D eigenvalue weighted by atomic mass is 10.1. The topological polar surface area (TPSA) is 86.7 Å². The van der Waals surface area contributed by atoms with Crippen LogP contribution >= 0.6 is 0 Å². The van der Waals surface area contributed by atoms with Gasteiger partial charge in [-0.1, -0.05) is 0 Å². The van der Waals surface area contributed by atoms with Crippen LogP contribution in [0.5, 0.6) is 0 Å². The molecule has 1 N–H and O–H groups in total. The summed E-state index contributed by atoms with van der Waals surface area (Å²) in [6.45, 7) is 7.41. The summed E-state index contributed by atoms with van der Waals surface area (Å²) in [5, 5.41) is 2.40. The van der Waals surface area contributed by atoms with Crippen molar-refractivity contribution in [1.29, 1.82) is 0 Å². The Kier molecular flexibility index (Phi) is 5.32. The van der Waals surface area contributed by atoms with Crippen LogP contribution in [0.15, 0.2) is 4.99 Å². The van der Waals surface area contributed by atoms with Crippen LogP contribution < -0.4 is 5.32 Å². The molecule has 0 saturated carbocycles. The van der Waals surface area contributed by atoms with Crippen LogP contribution in [0.25, 0.3) is 0 Å². The minimum atomic E-state index is -0.482. The maximum absolute atomic E-state index is 12.4. The van der Waals surface area contributed by atoms with Gasteiger partial charge in [0.1, 0.15) is 5.84 Å². The van der Waals surface area contributed by atoms with Crippen molar-refractivity contribution in [1.82, 2.24) is 20.0 Å². The van der Waals surface area contributed by atoms with E-state index in [2.05, 4.69) is 10.2 Å². The number of carbonyl (C=O) groups is 2. The van der Waals surface area contributed by atoms with E-state index in [0.29, 0.717) is 39.5 Å². The molecule has 0 aromatic carbocycles. The van der Waals surface area contributed by atoms with E-state index in [1.165, 1.54) is 4.90 Å². The van der Waals surface area contributed by atoms with Gasteiger partial charge >= 0.3 is 6.03 Å². The minimum absolute atomic E-state index is 0.291. The zero-order valence-electron chi connectivity index (χ0n) is 14.2. The van der Waals surface area contributed by atoms with Gasteiger partial charge in [-0.05, 0) is 6.92 Å². The maximum atomic E-state index is 12.4. The number of likely N-dealkylation sites (N-methyl/N-ethyl adjacent to an activating group) is 1. The Hall–Kier alpha value is -1.71. The van der Waals surface area contributed by atoms with Crippen LogP contribution in [0.4, 0.5) is 4.79 Å². The van der Waals surface area contributed by atoms with Gasteiger partial charge in [0.25, 0.3) is 5.91 Å². The van der Waals surface area contributed by atoms with Gasteiger partial charge < -0.3 is 19.3 Å². The van der Waals surface area contributed by atoms with E-state index in [1.54, 1.807) is 7.05 Å². The molecule has 3 amide bonds. The first-order valence-corrected chi connectivity index (χ1v) is 8.40. The van der Waals surface area contributed by atoms with E-state index in [4.69, 9.17) is 14.5 Å². The molecule has 9 heteroatoms. The molecule has 0 aromatic heterocycles. The van der Waals surface area contributed by atoms with E-state index >= 15 is 0 Å². The molecule has 24 heavy (non-hydrogen) atoms. The number of carbonyl (C=O) groups excluding carboxylic acids is 2. The van der Waals surface area contributed by atoms with Gasteiger partial charge in [0.15, 0.2) is 12.2 Å². The number of ether oxygens (including phenoxy) is 2. The number of hydrogen-bond acceptors (Lipinski definition) is 7. The van der Waals surface area contributed by atoms with Gasteiger partial charge in [0.2, 0.25) is 0 Å². The first-order chi connectivity index (χ1) is 11.6. The molecule has 2 unspecified atom stereocenters. The first kappa shape index (κ1) is 17.1. The van der Waals surface area contributed by atoms with Crippen LogP contribution in [0.1, 0.15) is 6.92 Å². The van der Waals surface area contributed by atoms with E-state index in [9.17, 15) is 9.59 Å². The van der Waals surface area contributed by atoms with E-state index in [-0.39, 0.29) is 5.91 Å². The number of nitrogens with zero attached hydrogens (tertiary/aromatic N) is 4. The highest BCUT2D eigenvalue weighted by Crippen LogP contribution is 2.24. The lowest BCUT2D eigenvalue weighted by molar-refractivity contribution is -0.127. The Bertz CT molecular complexity index is 520. The van der Waals surface area contributed by atoms with E-state index in [1.807, 2.05) is 11.8 Å². The molecule has 3 rings (SSSR count). The summed E-state index contributed by atoms with van der Waals surface area (Å²) in [6.07, 6.45) is -0.469. The van der Waals surface area contributed by atoms with Gasteiger partial charge in [-0.25, -0.2) is 9.79 Å². The number of morpholine rings is 1. The smallest absolute Gasteiger partial charge is 0.325 e. The minimum Gasteiger partial charge on any atom is -0.380 e. The first-order valence-electron chi connectivity index (χ1n) is 8.40. The third-order valence-electron chi connectivity index (χ3n) is 4.60. The standard InChI is InChI=1S/C15H25N5O4/c1-3-23-9-6-20-11(10-19-4-7-24-8-5-19)16-13-12(20)14(21)17-15(22)18(13)2/h12-13H,3-10H2,1-2H3,(H,17,21,22). The van der Waals surface area contributed by atoms with Crippen molar-refractivity contribution in [3.05, 3.63) is 0 Å². The van der Waals surface area contributed by atoms with Crippen LogP contribution in [0.2, 0.25) is 0 Å². The fourth-order valence-electron chi connectivity index (χ4n) is 3.25. The van der Waals surface area contributed by atoms with Gasteiger partial charge in [-0.3, -0.25) is 15.0 Å². The summed E-state index contributed by atoms with van der Waals surface area (Å²) in [6, 6.07) is -0.883. The molecule has 0 bridgehead atoms. The molecule has 3 aliphatic heterocycles. The van der Waals surface area contributed by atoms with Gasteiger partial charge in [0.05, 0.1) is 26.4 Å². The van der Waals surface area contributed by atoms with Crippen molar-refractivity contribution in [3.63, 3.8) is 0 Å². The molecule has 2 fully saturated rings. The summed E-state index contributed by atoms with van der Waals surface area (Å²) in [4.78, 5) is 34.7. The van der Waals surface area contributed by atoms with Gasteiger partial charge in [-0.2, -0.15) is 0 Å². The van der Waals surface area contributed by atoms with Crippen molar-refractivity contribution in [2.75, 3.05) is 59.7 Å². The number of amides is 3. The third-order valence-corrected chi connectivity index (χ3v) is 4.60. The third kappa shape index (κ3) is 3.38. The summed E-state index contributed by atoms with van der Waals surface area (Å²) in [5.74, 6) is 0.545.